The van der Waals surface area contributed by atoms with Crippen molar-refractivity contribution in [1.82, 2.24) is 0 Å². The Labute approximate surface area is 70.8 Å². The SMILES string of the molecule is Cc1cccc(C(O)CN)c1F. The van der Waals surface area contributed by atoms with E-state index in [1.807, 2.05) is 0 Å². The van der Waals surface area contributed by atoms with E-state index in [0.717, 1.165) is 0 Å². The average molecular weight is 169 g/mol. The highest BCUT2D eigenvalue weighted by atomic mass is 19.1. The fourth-order valence-electron chi connectivity index (χ4n) is 1.05. The van der Waals surface area contributed by atoms with Gasteiger partial charge < -0.3 is 10.8 Å². The van der Waals surface area contributed by atoms with Gasteiger partial charge in [-0.25, -0.2) is 4.39 Å². The van der Waals surface area contributed by atoms with Gasteiger partial charge in [-0.2, -0.15) is 0 Å². The van der Waals surface area contributed by atoms with Crippen molar-refractivity contribution in [2.75, 3.05) is 6.54 Å². The molecule has 3 N–H and O–H groups in total. The maximum Gasteiger partial charge on any atom is 0.131 e. The molecule has 0 radical (unpaired) electrons. The molecule has 0 bridgehead atoms. The van der Waals surface area contributed by atoms with Crippen molar-refractivity contribution in [3.8, 4) is 0 Å². The molecule has 1 unspecified atom stereocenters. The van der Waals surface area contributed by atoms with E-state index in [1.165, 1.54) is 0 Å². The van der Waals surface area contributed by atoms with Gasteiger partial charge in [0, 0.05) is 12.1 Å². The second kappa shape index (κ2) is 3.65. The van der Waals surface area contributed by atoms with Crippen LogP contribution in [0.15, 0.2) is 18.2 Å². The van der Waals surface area contributed by atoms with Gasteiger partial charge in [0.15, 0.2) is 0 Å². The molecule has 0 amide bonds. The van der Waals surface area contributed by atoms with Crippen molar-refractivity contribution < 1.29 is 9.50 Å². The van der Waals surface area contributed by atoms with E-state index in [0.29, 0.717) is 5.56 Å². The smallest absolute Gasteiger partial charge is 0.131 e. The number of aliphatic hydroxyl groups excluding tert-OH is 1. The third-order valence-electron chi connectivity index (χ3n) is 1.80. The maximum atomic E-state index is 13.2. The normalized spacial score (nSPS) is 13.0. The van der Waals surface area contributed by atoms with Gasteiger partial charge in [-0.3, -0.25) is 0 Å². The summed E-state index contributed by atoms with van der Waals surface area (Å²) < 4.78 is 13.2. The lowest BCUT2D eigenvalue weighted by molar-refractivity contribution is 0.181. The van der Waals surface area contributed by atoms with Crippen molar-refractivity contribution in [2.24, 2.45) is 5.73 Å². The Morgan fingerprint density at radius 3 is 2.83 bits per heavy atom. The molecular weight excluding hydrogens is 157 g/mol. The topological polar surface area (TPSA) is 46.2 Å². The lowest BCUT2D eigenvalue weighted by Gasteiger charge is -2.09. The van der Waals surface area contributed by atoms with Crippen LogP contribution in [0.5, 0.6) is 0 Å². The summed E-state index contributed by atoms with van der Waals surface area (Å²) in [5, 5.41) is 9.27. The fourth-order valence-corrected chi connectivity index (χ4v) is 1.05. The van der Waals surface area contributed by atoms with Crippen molar-refractivity contribution in [3.63, 3.8) is 0 Å². The van der Waals surface area contributed by atoms with Crippen LogP contribution < -0.4 is 5.73 Å². The van der Waals surface area contributed by atoms with Crippen LogP contribution in [0.3, 0.4) is 0 Å². The van der Waals surface area contributed by atoms with Gasteiger partial charge in [-0.1, -0.05) is 18.2 Å². The van der Waals surface area contributed by atoms with Gasteiger partial charge in [0.05, 0.1) is 6.10 Å². The van der Waals surface area contributed by atoms with E-state index < -0.39 is 6.10 Å². The zero-order chi connectivity index (χ0) is 9.14. The van der Waals surface area contributed by atoms with Crippen LogP contribution in [0.1, 0.15) is 17.2 Å². The fraction of sp³-hybridized carbons (Fsp3) is 0.333. The number of aliphatic hydroxyl groups is 1. The lowest BCUT2D eigenvalue weighted by atomic mass is 10.1. The minimum atomic E-state index is -0.898. The second-order valence-electron chi connectivity index (χ2n) is 2.73. The van der Waals surface area contributed by atoms with Crippen LogP contribution >= 0.6 is 0 Å². The summed E-state index contributed by atoms with van der Waals surface area (Å²) in [6.07, 6.45) is -0.898. The molecule has 1 atom stereocenters. The maximum absolute atomic E-state index is 13.2. The third-order valence-corrected chi connectivity index (χ3v) is 1.80. The summed E-state index contributed by atoms with van der Waals surface area (Å²) in [5.41, 5.74) is 6.01. The molecule has 0 heterocycles. The summed E-state index contributed by atoms with van der Waals surface area (Å²) >= 11 is 0. The second-order valence-corrected chi connectivity index (χ2v) is 2.73. The average Bonchev–Trinajstić information content (AvgIpc) is 2.08. The third kappa shape index (κ3) is 1.62. The summed E-state index contributed by atoms with van der Waals surface area (Å²) in [7, 11) is 0. The first-order valence-electron chi connectivity index (χ1n) is 3.80. The van der Waals surface area contributed by atoms with Crippen LogP contribution in [0.4, 0.5) is 4.39 Å². The highest BCUT2D eigenvalue weighted by Crippen LogP contribution is 2.18. The number of halogens is 1. The van der Waals surface area contributed by atoms with Crippen LogP contribution in [0.2, 0.25) is 0 Å². The predicted molar refractivity (Wildman–Crippen MR) is 45.2 cm³/mol. The number of nitrogens with two attached hydrogens (primary N) is 1. The minimum Gasteiger partial charge on any atom is -0.387 e. The van der Waals surface area contributed by atoms with E-state index >= 15 is 0 Å². The Morgan fingerprint density at radius 1 is 1.58 bits per heavy atom. The predicted octanol–water partition coefficient (Wildman–Crippen LogP) is 1.13. The Morgan fingerprint density at radius 2 is 2.25 bits per heavy atom. The lowest BCUT2D eigenvalue weighted by Crippen LogP contribution is -2.13. The quantitative estimate of drug-likeness (QED) is 0.697. The summed E-state index contributed by atoms with van der Waals surface area (Å²) in [6, 6.07) is 4.90. The summed E-state index contributed by atoms with van der Waals surface area (Å²) in [5.74, 6) is -0.365. The van der Waals surface area contributed by atoms with E-state index in [9.17, 15) is 9.50 Å². The first-order valence-corrected chi connectivity index (χ1v) is 3.80. The molecule has 0 fully saturated rings. The first-order chi connectivity index (χ1) is 5.66. The number of aryl methyl sites for hydroxylation is 1. The standard InChI is InChI=1S/C9H12FNO/c1-6-3-2-4-7(9(6)10)8(12)5-11/h2-4,8,12H,5,11H2,1H3. The molecule has 3 heteroatoms. The van der Waals surface area contributed by atoms with Gasteiger partial charge in [0.1, 0.15) is 5.82 Å². The van der Waals surface area contributed by atoms with Gasteiger partial charge >= 0.3 is 0 Å². The molecule has 0 saturated heterocycles. The molecule has 0 spiro atoms. The van der Waals surface area contributed by atoms with Gasteiger partial charge in [-0.05, 0) is 12.5 Å². The number of hydrogen-bond acceptors (Lipinski definition) is 2. The Balaban J connectivity index is 3.07. The van der Waals surface area contributed by atoms with Crippen LogP contribution in [-0.4, -0.2) is 11.7 Å². The van der Waals surface area contributed by atoms with Crippen LogP contribution in [0, 0.1) is 12.7 Å². The zero-order valence-electron chi connectivity index (χ0n) is 6.92. The number of benzene rings is 1. The summed E-state index contributed by atoms with van der Waals surface area (Å²) in [4.78, 5) is 0. The first kappa shape index (κ1) is 9.16. The molecule has 0 aromatic heterocycles. The number of rotatable bonds is 2. The zero-order valence-corrected chi connectivity index (χ0v) is 6.92. The van der Waals surface area contributed by atoms with Gasteiger partial charge in [0.2, 0.25) is 0 Å². The molecule has 66 valence electrons. The molecule has 0 saturated carbocycles. The van der Waals surface area contributed by atoms with E-state index in [1.54, 1.807) is 25.1 Å². The van der Waals surface area contributed by atoms with Crippen molar-refractivity contribution in [2.45, 2.75) is 13.0 Å². The highest BCUT2D eigenvalue weighted by molar-refractivity contribution is 5.26. The molecular formula is C9H12FNO. The van der Waals surface area contributed by atoms with Crippen LogP contribution in [0.25, 0.3) is 0 Å². The van der Waals surface area contributed by atoms with Crippen molar-refractivity contribution >= 4 is 0 Å². The highest BCUT2D eigenvalue weighted by Gasteiger charge is 2.11. The molecule has 1 rings (SSSR count). The monoisotopic (exact) mass is 169 g/mol. The Kier molecular flexibility index (Phi) is 2.78. The minimum absolute atomic E-state index is 0.0420. The van der Waals surface area contributed by atoms with Gasteiger partial charge in [-0.15, -0.1) is 0 Å². The Bertz CT molecular complexity index is 275. The molecule has 1 aromatic carbocycles. The molecule has 12 heavy (non-hydrogen) atoms. The van der Waals surface area contributed by atoms with Crippen molar-refractivity contribution in [3.05, 3.63) is 35.1 Å². The van der Waals surface area contributed by atoms with E-state index in [2.05, 4.69) is 0 Å². The molecule has 1 aromatic rings. The number of hydrogen-bond donors (Lipinski definition) is 2. The largest absolute Gasteiger partial charge is 0.387 e. The molecule has 2 nitrogen and oxygen atoms in total. The molecule has 0 aliphatic rings. The van der Waals surface area contributed by atoms with Crippen molar-refractivity contribution in [1.29, 1.82) is 0 Å². The Hall–Kier alpha value is -0.930. The van der Waals surface area contributed by atoms with E-state index in [4.69, 9.17) is 5.73 Å². The van der Waals surface area contributed by atoms with Crippen LogP contribution in [-0.2, 0) is 0 Å². The molecule has 0 aliphatic carbocycles. The van der Waals surface area contributed by atoms with Gasteiger partial charge in [0.25, 0.3) is 0 Å². The van der Waals surface area contributed by atoms with E-state index in [-0.39, 0.29) is 17.9 Å². The summed E-state index contributed by atoms with van der Waals surface area (Å²) in [6.45, 7) is 1.70. The molecule has 0 aliphatic heterocycles.